The van der Waals surface area contributed by atoms with Crippen LogP contribution in [0.25, 0.3) is 0 Å². The predicted molar refractivity (Wildman–Crippen MR) is 60.7 cm³/mol. The number of nitrogens with two attached hydrogens (primary N) is 1. The first-order valence-corrected chi connectivity index (χ1v) is 5.97. The van der Waals surface area contributed by atoms with Gasteiger partial charge < -0.3 is 10.5 Å². The average molecular weight is 227 g/mol. The summed E-state index contributed by atoms with van der Waals surface area (Å²) in [5.74, 6) is 0.0432. The maximum absolute atomic E-state index is 11.6. The van der Waals surface area contributed by atoms with E-state index in [1.165, 1.54) is 0 Å². The molecule has 0 spiro atoms. The second-order valence-corrected chi connectivity index (χ2v) is 4.70. The maximum Gasteiger partial charge on any atom is 0.309 e. The Morgan fingerprint density at radius 2 is 1.69 bits per heavy atom. The first-order valence-electron chi connectivity index (χ1n) is 5.97. The van der Waals surface area contributed by atoms with E-state index < -0.39 is 0 Å². The second-order valence-electron chi connectivity index (χ2n) is 4.70. The fourth-order valence-corrected chi connectivity index (χ4v) is 2.15. The lowest BCUT2D eigenvalue weighted by Crippen LogP contribution is -2.31. The molecule has 0 bridgehead atoms. The Labute approximate surface area is 96.5 Å². The lowest BCUT2D eigenvalue weighted by atomic mass is 9.80. The summed E-state index contributed by atoms with van der Waals surface area (Å²) >= 11 is 0. The van der Waals surface area contributed by atoms with Crippen molar-refractivity contribution in [3.05, 3.63) is 0 Å². The topological polar surface area (TPSA) is 69.4 Å². The van der Waals surface area contributed by atoms with Crippen LogP contribution in [0.5, 0.6) is 0 Å². The molecule has 0 saturated heterocycles. The van der Waals surface area contributed by atoms with Crippen molar-refractivity contribution in [3.63, 3.8) is 0 Å². The number of Topliss-reactive ketones (excluding diaryl/α,β-unsaturated/α-hetero) is 1. The van der Waals surface area contributed by atoms with Gasteiger partial charge in [-0.2, -0.15) is 0 Å². The zero-order chi connectivity index (χ0) is 12.1. The highest BCUT2D eigenvalue weighted by Gasteiger charge is 2.30. The zero-order valence-corrected chi connectivity index (χ0v) is 10.1. The minimum absolute atomic E-state index is 0.0239. The third kappa shape index (κ3) is 3.59. The van der Waals surface area contributed by atoms with E-state index in [1.54, 1.807) is 0 Å². The van der Waals surface area contributed by atoms with Gasteiger partial charge in [0.2, 0.25) is 0 Å². The molecule has 0 atom stereocenters. The standard InChI is InChI=1S/C12H21NO3/c1-8(2)16-12(15)10-5-3-9(4-6-10)11(14)7-13/h8-10H,3-7,13H2,1-2H3. The monoisotopic (exact) mass is 227 g/mol. The van der Waals surface area contributed by atoms with Crippen molar-refractivity contribution in [1.29, 1.82) is 0 Å². The van der Waals surface area contributed by atoms with Crippen molar-refractivity contribution in [2.75, 3.05) is 6.54 Å². The molecule has 0 aromatic carbocycles. The summed E-state index contributed by atoms with van der Waals surface area (Å²) in [4.78, 5) is 23.0. The van der Waals surface area contributed by atoms with Crippen LogP contribution in [-0.4, -0.2) is 24.4 Å². The molecule has 1 fully saturated rings. The van der Waals surface area contributed by atoms with Gasteiger partial charge in [-0.15, -0.1) is 0 Å². The quantitative estimate of drug-likeness (QED) is 0.734. The van der Waals surface area contributed by atoms with E-state index in [0.717, 1.165) is 25.7 Å². The van der Waals surface area contributed by atoms with Crippen molar-refractivity contribution >= 4 is 11.8 Å². The molecule has 0 unspecified atom stereocenters. The van der Waals surface area contributed by atoms with Crippen molar-refractivity contribution < 1.29 is 14.3 Å². The fraction of sp³-hybridized carbons (Fsp3) is 0.833. The van der Waals surface area contributed by atoms with Crippen LogP contribution in [0.15, 0.2) is 0 Å². The van der Waals surface area contributed by atoms with E-state index in [9.17, 15) is 9.59 Å². The largest absolute Gasteiger partial charge is 0.463 e. The summed E-state index contributed by atoms with van der Waals surface area (Å²) < 4.78 is 5.16. The molecule has 0 aromatic rings. The summed E-state index contributed by atoms with van der Waals surface area (Å²) in [6.45, 7) is 3.81. The van der Waals surface area contributed by atoms with Gasteiger partial charge in [0.1, 0.15) is 5.78 Å². The Bertz CT molecular complexity index is 255. The molecular weight excluding hydrogens is 206 g/mol. The molecule has 1 saturated carbocycles. The van der Waals surface area contributed by atoms with E-state index >= 15 is 0 Å². The normalized spacial score (nSPS) is 25.5. The Kier molecular flexibility index (Phi) is 4.93. The van der Waals surface area contributed by atoms with Crippen LogP contribution in [0.4, 0.5) is 0 Å². The molecule has 0 radical (unpaired) electrons. The molecule has 4 nitrogen and oxygen atoms in total. The van der Waals surface area contributed by atoms with Crippen LogP contribution >= 0.6 is 0 Å². The lowest BCUT2D eigenvalue weighted by Gasteiger charge is -2.26. The van der Waals surface area contributed by atoms with E-state index in [0.29, 0.717) is 0 Å². The number of ether oxygens (including phenoxy) is 1. The summed E-state index contributed by atoms with van der Waals surface area (Å²) in [6, 6.07) is 0. The Hall–Kier alpha value is -0.900. The molecule has 0 aliphatic heterocycles. The van der Waals surface area contributed by atoms with Gasteiger partial charge in [0.25, 0.3) is 0 Å². The molecule has 0 amide bonds. The molecule has 0 heterocycles. The van der Waals surface area contributed by atoms with E-state index in [-0.39, 0.29) is 36.2 Å². The second kappa shape index (κ2) is 5.99. The van der Waals surface area contributed by atoms with Crippen LogP contribution in [0.3, 0.4) is 0 Å². The highest BCUT2D eigenvalue weighted by Crippen LogP contribution is 2.30. The lowest BCUT2D eigenvalue weighted by molar-refractivity contribution is -0.154. The summed E-state index contributed by atoms with van der Waals surface area (Å²) in [5.41, 5.74) is 5.32. The minimum Gasteiger partial charge on any atom is -0.463 e. The maximum atomic E-state index is 11.6. The minimum atomic E-state index is -0.117. The van der Waals surface area contributed by atoms with Gasteiger partial charge in [0, 0.05) is 5.92 Å². The number of carbonyl (C=O) groups excluding carboxylic acids is 2. The molecule has 0 aromatic heterocycles. The van der Waals surface area contributed by atoms with E-state index in [4.69, 9.17) is 10.5 Å². The third-order valence-corrected chi connectivity index (χ3v) is 3.07. The number of rotatable bonds is 4. The number of hydrogen-bond acceptors (Lipinski definition) is 4. The number of ketones is 1. The third-order valence-electron chi connectivity index (χ3n) is 3.07. The van der Waals surface area contributed by atoms with Gasteiger partial charge in [-0.25, -0.2) is 0 Å². The van der Waals surface area contributed by atoms with Gasteiger partial charge >= 0.3 is 5.97 Å². The van der Waals surface area contributed by atoms with Crippen molar-refractivity contribution in [2.24, 2.45) is 17.6 Å². The predicted octanol–water partition coefficient (Wildman–Crippen LogP) is 1.27. The van der Waals surface area contributed by atoms with Crippen LogP contribution in [0, 0.1) is 11.8 Å². The number of hydrogen-bond donors (Lipinski definition) is 1. The molecule has 2 N–H and O–H groups in total. The van der Waals surface area contributed by atoms with Gasteiger partial charge in [-0.05, 0) is 39.5 Å². The smallest absolute Gasteiger partial charge is 0.309 e. The van der Waals surface area contributed by atoms with Gasteiger partial charge in [0.05, 0.1) is 18.6 Å². The van der Waals surface area contributed by atoms with E-state index in [1.807, 2.05) is 13.8 Å². The highest BCUT2D eigenvalue weighted by molar-refractivity contribution is 5.83. The molecule has 1 aliphatic rings. The zero-order valence-electron chi connectivity index (χ0n) is 10.1. The van der Waals surface area contributed by atoms with E-state index in [2.05, 4.69) is 0 Å². The van der Waals surface area contributed by atoms with Crippen LogP contribution in [0.1, 0.15) is 39.5 Å². The molecule has 92 valence electrons. The van der Waals surface area contributed by atoms with Crippen LogP contribution < -0.4 is 5.73 Å². The van der Waals surface area contributed by atoms with Crippen molar-refractivity contribution in [2.45, 2.75) is 45.6 Å². The average Bonchev–Trinajstić information content (AvgIpc) is 2.27. The molecule has 1 aliphatic carbocycles. The van der Waals surface area contributed by atoms with Crippen LogP contribution in [0.2, 0.25) is 0 Å². The van der Waals surface area contributed by atoms with Gasteiger partial charge in [0.15, 0.2) is 0 Å². The Morgan fingerprint density at radius 1 is 1.19 bits per heavy atom. The van der Waals surface area contributed by atoms with Gasteiger partial charge in [-0.3, -0.25) is 9.59 Å². The first-order chi connectivity index (χ1) is 7.54. The summed E-state index contributed by atoms with van der Waals surface area (Å²) in [5, 5.41) is 0. The molecule has 1 rings (SSSR count). The first kappa shape index (κ1) is 13.2. The number of esters is 1. The highest BCUT2D eigenvalue weighted by atomic mass is 16.5. The summed E-state index contributed by atoms with van der Waals surface area (Å²) in [6.07, 6.45) is 2.99. The van der Waals surface area contributed by atoms with Crippen molar-refractivity contribution in [3.8, 4) is 0 Å². The SMILES string of the molecule is CC(C)OC(=O)C1CCC(C(=O)CN)CC1. The van der Waals surface area contributed by atoms with Gasteiger partial charge in [-0.1, -0.05) is 0 Å². The van der Waals surface area contributed by atoms with Crippen molar-refractivity contribution in [1.82, 2.24) is 0 Å². The Balaban J connectivity index is 2.37. The molecular formula is C12H21NO3. The summed E-state index contributed by atoms with van der Waals surface area (Å²) in [7, 11) is 0. The Morgan fingerprint density at radius 3 is 2.12 bits per heavy atom. The fourth-order valence-electron chi connectivity index (χ4n) is 2.15. The number of carbonyl (C=O) groups is 2. The van der Waals surface area contributed by atoms with Crippen LogP contribution in [-0.2, 0) is 14.3 Å². The molecule has 4 heteroatoms. The molecule has 16 heavy (non-hydrogen) atoms.